The minimum Gasteiger partial charge on any atom is -0.465 e. The number of benzene rings is 1. The highest BCUT2D eigenvalue weighted by Crippen LogP contribution is 2.11. The van der Waals surface area contributed by atoms with E-state index in [1.54, 1.807) is 24.3 Å². The molecule has 0 saturated heterocycles. The number of carbonyl (C=O) groups excluding carboxylic acids is 1. The Morgan fingerprint density at radius 1 is 1.22 bits per heavy atom. The van der Waals surface area contributed by atoms with Crippen molar-refractivity contribution in [2.24, 2.45) is 0 Å². The summed E-state index contributed by atoms with van der Waals surface area (Å²) in [7, 11) is 0. The van der Waals surface area contributed by atoms with Gasteiger partial charge in [-0.15, -0.1) is 0 Å². The summed E-state index contributed by atoms with van der Waals surface area (Å²) in [5, 5.41) is 22.4. The standard InChI is InChI=1S/C12H16N2O4/c1-8(13-12(17)18)11(16)14-10(7-15)9-5-3-2-4-6-9/h2-6,8,10,13,15H,7H2,1H3,(H,14,16)(H,17,18)/t8?,10-/m1/s1. The van der Waals surface area contributed by atoms with Crippen LogP contribution in [0.4, 0.5) is 4.79 Å². The minimum absolute atomic E-state index is 0.254. The quantitative estimate of drug-likeness (QED) is 0.613. The number of nitrogens with one attached hydrogen (secondary N) is 2. The Balaban J connectivity index is 2.64. The molecule has 1 rings (SSSR count). The van der Waals surface area contributed by atoms with Crippen molar-refractivity contribution in [1.29, 1.82) is 0 Å². The number of amides is 2. The number of hydrogen-bond donors (Lipinski definition) is 4. The number of rotatable bonds is 5. The topological polar surface area (TPSA) is 98.7 Å². The molecule has 6 heteroatoms. The first-order chi connectivity index (χ1) is 8.54. The zero-order valence-electron chi connectivity index (χ0n) is 9.96. The molecule has 0 aliphatic carbocycles. The fraction of sp³-hybridized carbons (Fsp3) is 0.333. The van der Waals surface area contributed by atoms with Gasteiger partial charge < -0.3 is 20.8 Å². The summed E-state index contributed by atoms with van der Waals surface area (Å²) in [6.07, 6.45) is -1.27. The van der Waals surface area contributed by atoms with Crippen LogP contribution in [0, 0.1) is 0 Å². The Labute approximate surface area is 105 Å². The third kappa shape index (κ3) is 4.06. The van der Waals surface area contributed by atoms with Crippen LogP contribution in [0.15, 0.2) is 30.3 Å². The summed E-state index contributed by atoms with van der Waals surface area (Å²) >= 11 is 0. The summed E-state index contributed by atoms with van der Waals surface area (Å²) in [5.41, 5.74) is 0.760. The van der Waals surface area contributed by atoms with E-state index in [2.05, 4.69) is 5.32 Å². The van der Waals surface area contributed by atoms with Gasteiger partial charge >= 0.3 is 6.09 Å². The Morgan fingerprint density at radius 3 is 2.33 bits per heavy atom. The zero-order chi connectivity index (χ0) is 13.5. The molecule has 6 nitrogen and oxygen atoms in total. The van der Waals surface area contributed by atoms with Crippen LogP contribution in [-0.4, -0.2) is 34.9 Å². The Hall–Kier alpha value is -2.08. The minimum atomic E-state index is -1.27. The average molecular weight is 252 g/mol. The molecule has 4 N–H and O–H groups in total. The molecular weight excluding hydrogens is 236 g/mol. The lowest BCUT2D eigenvalue weighted by atomic mass is 10.1. The smallest absolute Gasteiger partial charge is 0.405 e. The molecule has 98 valence electrons. The van der Waals surface area contributed by atoms with Crippen molar-refractivity contribution in [1.82, 2.24) is 10.6 Å². The van der Waals surface area contributed by atoms with Crippen molar-refractivity contribution in [2.45, 2.75) is 19.0 Å². The molecule has 1 unspecified atom stereocenters. The lowest BCUT2D eigenvalue weighted by Gasteiger charge is -2.19. The number of carboxylic acid groups (broad SMARTS) is 1. The fourth-order valence-corrected chi connectivity index (χ4v) is 1.47. The SMILES string of the molecule is CC(NC(=O)O)C(=O)N[C@H](CO)c1ccccc1. The van der Waals surface area contributed by atoms with E-state index < -0.39 is 24.1 Å². The molecule has 0 radical (unpaired) electrons. The predicted molar refractivity (Wildman–Crippen MR) is 65.0 cm³/mol. The highest BCUT2D eigenvalue weighted by Gasteiger charge is 2.19. The second kappa shape index (κ2) is 6.61. The molecule has 0 fully saturated rings. The molecule has 0 aromatic heterocycles. The van der Waals surface area contributed by atoms with E-state index in [-0.39, 0.29) is 6.61 Å². The molecule has 1 aromatic rings. The maximum absolute atomic E-state index is 11.7. The van der Waals surface area contributed by atoms with Gasteiger partial charge in [-0.25, -0.2) is 4.79 Å². The molecule has 0 heterocycles. The van der Waals surface area contributed by atoms with E-state index in [1.807, 2.05) is 11.4 Å². The first-order valence-corrected chi connectivity index (χ1v) is 5.50. The number of aliphatic hydroxyl groups is 1. The largest absolute Gasteiger partial charge is 0.465 e. The first kappa shape index (κ1) is 14.0. The first-order valence-electron chi connectivity index (χ1n) is 5.50. The van der Waals surface area contributed by atoms with Gasteiger partial charge in [-0.1, -0.05) is 30.3 Å². The summed E-state index contributed by atoms with van der Waals surface area (Å²) in [4.78, 5) is 22.1. The van der Waals surface area contributed by atoms with E-state index in [0.717, 1.165) is 5.56 Å². The van der Waals surface area contributed by atoms with Gasteiger partial charge in [0, 0.05) is 0 Å². The van der Waals surface area contributed by atoms with Crippen molar-refractivity contribution < 1.29 is 19.8 Å². The highest BCUT2D eigenvalue weighted by molar-refractivity contribution is 5.85. The summed E-state index contributed by atoms with van der Waals surface area (Å²) in [6, 6.07) is 7.55. The van der Waals surface area contributed by atoms with Crippen LogP contribution < -0.4 is 10.6 Å². The van der Waals surface area contributed by atoms with Gasteiger partial charge in [0.2, 0.25) is 5.91 Å². The van der Waals surface area contributed by atoms with Crippen LogP contribution in [0.25, 0.3) is 0 Å². The predicted octanol–water partition coefficient (Wildman–Crippen LogP) is 0.492. The van der Waals surface area contributed by atoms with Gasteiger partial charge in [0.05, 0.1) is 12.6 Å². The molecule has 18 heavy (non-hydrogen) atoms. The van der Waals surface area contributed by atoms with E-state index in [0.29, 0.717) is 0 Å². The molecule has 2 atom stereocenters. The zero-order valence-corrected chi connectivity index (χ0v) is 9.96. The van der Waals surface area contributed by atoms with Gasteiger partial charge in [0.25, 0.3) is 0 Å². The van der Waals surface area contributed by atoms with Gasteiger partial charge in [-0.3, -0.25) is 4.79 Å². The Bertz CT molecular complexity index is 408. The molecular formula is C12H16N2O4. The molecule has 2 amide bonds. The van der Waals surface area contributed by atoms with Crippen molar-refractivity contribution >= 4 is 12.0 Å². The average Bonchev–Trinajstić information content (AvgIpc) is 2.35. The summed E-state index contributed by atoms with van der Waals surface area (Å²) in [5.74, 6) is -0.486. The van der Waals surface area contributed by atoms with Crippen molar-refractivity contribution in [3.63, 3.8) is 0 Å². The van der Waals surface area contributed by atoms with Crippen LogP contribution in [0.5, 0.6) is 0 Å². The highest BCUT2D eigenvalue weighted by atomic mass is 16.4. The van der Waals surface area contributed by atoms with Crippen molar-refractivity contribution in [3.05, 3.63) is 35.9 Å². The lowest BCUT2D eigenvalue weighted by molar-refractivity contribution is -0.123. The van der Waals surface area contributed by atoms with Crippen molar-refractivity contribution in [3.8, 4) is 0 Å². The van der Waals surface area contributed by atoms with Gasteiger partial charge in [-0.2, -0.15) is 0 Å². The third-order valence-electron chi connectivity index (χ3n) is 2.43. The van der Waals surface area contributed by atoms with Gasteiger partial charge in [0.1, 0.15) is 6.04 Å². The fourth-order valence-electron chi connectivity index (χ4n) is 1.47. The van der Waals surface area contributed by atoms with E-state index in [9.17, 15) is 14.7 Å². The second-order valence-electron chi connectivity index (χ2n) is 3.83. The monoisotopic (exact) mass is 252 g/mol. The molecule has 1 aromatic carbocycles. The summed E-state index contributed by atoms with van der Waals surface area (Å²) in [6.45, 7) is 1.18. The van der Waals surface area contributed by atoms with Gasteiger partial charge in [0.15, 0.2) is 0 Å². The van der Waals surface area contributed by atoms with Crippen molar-refractivity contribution in [2.75, 3.05) is 6.61 Å². The van der Waals surface area contributed by atoms with Crippen LogP contribution >= 0.6 is 0 Å². The Morgan fingerprint density at radius 2 is 1.83 bits per heavy atom. The van der Waals surface area contributed by atoms with Crippen LogP contribution in [0.3, 0.4) is 0 Å². The third-order valence-corrected chi connectivity index (χ3v) is 2.43. The maximum atomic E-state index is 11.7. The maximum Gasteiger partial charge on any atom is 0.405 e. The van der Waals surface area contributed by atoms with Crippen LogP contribution in [0.2, 0.25) is 0 Å². The summed E-state index contributed by atoms with van der Waals surface area (Å²) < 4.78 is 0. The van der Waals surface area contributed by atoms with Crippen LogP contribution in [0.1, 0.15) is 18.5 Å². The molecule has 0 saturated carbocycles. The number of aliphatic hydroxyl groups excluding tert-OH is 1. The molecule has 0 aliphatic rings. The lowest BCUT2D eigenvalue weighted by Crippen LogP contribution is -2.46. The molecule has 0 aliphatic heterocycles. The normalized spacial score (nSPS) is 13.4. The van der Waals surface area contributed by atoms with E-state index in [1.165, 1.54) is 6.92 Å². The second-order valence-corrected chi connectivity index (χ2v) is 3.83. The molecule has 0 bridgehead atoms. The van der Waals surface area contributed by atoms with Gasteiger partial charge in [-0.05, 0) is 12.5 Å². The van der Waals surface area contributed by atoms with Crippen LogP contribution in [-0.2, 0) is 4.79 Å². The molecule has 0 spiro atoms. The number of carbonyl (C=O) groups is 2. The van der Waals surface area contributed by atoms with E-state index in [4.69, 9.17) is 5.11 Å². The van der Waals surface area contributed by atoms with E-state index >= 15 is 0 Å². The Kier molecular flexibility index (Phi) is 5.13. The number of hydrogen-bond acceptors (Lipinski definition) is 3.